The second-order valence-electron chi connectivity index (χ2n) is 8.85. The molecule has 0 amide bonds. The number of hydroxylamine groups is 4. The zero-order valence-electron chi connectivity index (χ0n) is 18.8. The highest BCUT2D eigenvalue weighted by Gasteiger charge is 2.61. The molecule has 4 fully saturated rings. The number of hydrogen-bond acceptors (Lipinski definition) is 11. The van der Waals surface area contributed by atoms with Crippen molar-refractivity contribution in [2.24, 2.45) is 0 Å². The molecular formula is C18H35N2O10P. The van der Waals surface area contributed by atoms with Crippen LogP contribution in [-0.2, 0) is 33.0 Å². The molecule has 3 unspecified atom stereocenters. The van der Waals surface area contributed by atoms with Crippen LogP contribution in [0.3, 0.4) is 0 Å². The van der Waals surface area contributed by atoms with Gasteiger partial charge in [0.15, 0.2) is 0 Å². The lowest BCUT2D eigenvalue weighted by Gasteiger charge is -2.41. The van der Waals surface area contributed by atoms with Crippen molar-refractivity contribution in [2.75, 3.05) is 54.2 Å². The minimum atomic E-state index is -3.62. The molecular weight excluding hydrogens is 435 g/mol. The Morgan fingerprint density at radius 3 is 2.13 bits per heavy atom. The van der Waals surface area contributed by atoms with E-state index in [4.69, 9.17) is 28.4 Å². The van der Waals surface area contributed by atoms with Crippen molar-refractivity contribution in [1.82, 2.24) is 10.1 Å². The molecule has 4 aliphatic heterocycles. The van der Waals surface area contributed by atoms with E-state index in [9.17, 15) is 19.7 Å². The number of ether oxygens (including phenoxy) is 3. The first-order chi connectivity index (χ1) is 14.4. The first-order valence-corrected chi connectivity index (χ1v) is 12.3. The fourth-order valence-corrected chi connectivity index (χ4v) is 5.59. The maximum atomic E-state index is 11.5. The molecule has 13 heteroatoms. The SMILES string of the molecule is COC[C@@]12CN(C)OC([C@H](C)O1)[C@H]2OP(C)(=O)O.C[C@@H]1O[C@@]2(CO)CN(C)OC1[C@H]2O. The van der Waals surface area contributed by atoms with Crippen molar-refractivity contribution < 1.29 is 48.1 Å². The molecule has 0 aromatic heterocycles. The van der Waals surface area contributed by atoms with Crippen LogP contribution in [0.4, 0.5) is 0 Å². The Labute approximate surface area is 182 Å². The standard InChI is InChI=1S/C10H20NO6P.C8H15NO4/c1-7-8-9(17-18(4,12)13)10(15-7,6-14-3)5-11(2)16-8;1-5-6-7(11)8(4-10,12-5)3-9(2)13-6/h7-9H,5-6H2,1-4H3,(H,12,13);5-7,10-11H,3-4H2,1-2H3/t7-,8?,9+,10+;5-,6?,7+,8+/m00/s1. The van der Waals surface area contributed by atoms with E-state index in [1.807, 2.05) is 13.8 Å². The second-order valence-corrected chi connectivity index (χ2v) is 10.7. The van der Waals surface area contributed by atoms with E-state index < -0.39 is 37.1 Å². The topological polar surface area (TPSA) is 140 Å². The molecule has 12 nitrogen and oxygen atoms in total. The van der Waals surface area contributed by atoms with Gasteiger partial charge in [-0.15, -0.1) is 0 Å². The molecule has 0 aromatic rings. The zero-order chi connectivity index (χ0) is 23.2. The summed E-state index contributed by atoms with van der Waals surface area (Å²) >= 11 is 0. The number of methoxy groups -OCH3 is 1. The van der Waals surface area contributed by atoms with Gasteiger partial charge in [0.2, 0.25) is 0 Å². The van der Waals surface area contributed by atoms with Crippen LogP contribution in [0.15, 0.2) is 0 Å². The first-order valence-electron chi connectivity index (χ1n) is 10.2. The van der Waals surface area contributed by atoms with Crippen LogP contribution in [0.5, 0.6) is 0 Å². The van der Waals surface area contributed by atoms with Crippen molar-refractivity contribution in [2.45, 2.75) is 61.7 Å². The van der Waals surface area contributed by atoms with Crippen LogP contribution < -0.4 is 0 Å². The Kier molecular flexibility index (Phi) is 7.55. The Morgan fingerprint density at radius 2 is 1.58 bits per heavy atom. The van der Waals surface area contributed by atoms with E-state index in [-0.39, 0.29) is 31.5 Å². The van der Waals surface area contributed by atoms with Gasteiger partial charge in [-0.1, -0.05) is 0 Å². The van der Waals surface area contributed by atoms with Crippen LogP contribution >= 0.6 is 7.60 Å². The summed E-state index contributed by atoms with van der Waals surface area (Å²) in [5.74, 6) is 0. The molecule has 4 aliphatic rings. The maximum Gasteiger partial charge on any atom is 0.325 e. The fourth-order valence-electron chi connectivity index (χ4n) is 4.85. The van der Waals surface area contributed by atoms with E-state index in [0.29, 0.717) is 13.1 Å². The number of likely N-dealkylation sites (N-methyl/N-ethyl adjacent to an activating group) is 2. The van der Waals surface area contributed by atoms with Crippen LogP contribution in [0.1, 0.15) is 13.8 Å². The Morgan fingerprint density at radius 1 is 1.06 bits per heavy atom. The predicted molar refractivity (Wildman–Crippen MR) is 107 cm³/mol. The van der Waals surface area contributed by atoms with Gasteiger partial charge in [-0.05, 0) is 13.8 Å². The molecule has 4 bridgehead atoms. The van der Waals surface area contributed by atoms with E-state index in [1.165, 1.54) is 0 Å². The quantitative estimate of drug-likeness (QED) is 0.424. The average molecular weight is 470 g/mol. The number of aliphatic hydroxyl groups excluding tert-OH is 2. The van der Waals surface area contributed by atoms with Crippen LogP contribution in [0.2, 0.25) is 0 Å². The summed E-state index contributed by atoms with van der Waals surface area (Å²) in [4.78, 5) is 20.4. The van der Waals surface area contributed by atoms with Crippen LogP contribution in [-0.4, -0.2) is 127 Å². The molecule has 0 saturated carbocycles. The monoisotopic (exact) mass is 470 g/mol. The zero-order valence-corrected chi connectivity index (χ0v) is 19.7. The minimum Gasteiger partial charge on any atom is -0.393 e. The normalized spacial score (nSPS) is 47.0. The fraction of sp³-hybridized carbons (Fsp3) is 1.00. The van der Waals surface area contributed by atoms with Gasteiger partial charge in [0, 0.05) is 27.9 Å². The van der Waals surface area contributed by atoms with Crippen molar-refractivity contribution in [3.05, 3.63) is 0 Å². The highest BCUT2D eigenvalue weighted by molar-refractivity contribution is 7.51. The Hall–Kier alpha value is -0.210. The van der Waals surface area contributed by atoms with Gasteiger partial charge in [-0.25, -0.2) is 0 Å². The lowest BCUT2D eigenvalue weighted by molar-refractivity contribution is -0.255. The highest BCUT2D eigenvalue weighted by Crippen LogP contribution is 2.48. The highest BCUT2D eigenvalue weighted by atomic mass is 31.2. The van der Waals surface area contributed by atoms with Crippen molar-refractivity contribution in [1.29, 1.82) is 0 Å². The van der Waals surface area contributed by atoms with Crippen molar-refractivity contribution in [3.8, 4) is 0 Å². The summed E-state index contributed by atoms with van der Waals surface area (Å²) in [5, 5.41) is 22.3. The van der Waals surface area contributed by atoms with Crippen LogP contribution in [0, 0.1) is 0 Å². The van der Waals surface area contributed by atoms with Crippen molar-refractivity contribution >= 4 is 7.60 Å². The molecule has 182 valence electrons. The second kappa shape index (κ2) is 9.21. The van der Waals surface area contributed by atoms with Gasteiger partial charge in [-0.2, -0.15) is 10.1 Å². The molecule has 4 saturated heterocycles. The summed E-state index contributed by atoms with van der Waals surface area (Å²) in [6.45, 7) is 5.78. The molecule has 0 spiro atoms. The third kappa shape index (κ3) is 5.01. The van der Waals surface area contributed by atoms with E-state index in [1.54, 1.807) is 31.3 Å². The predicted octanol–water partition coefficient (Wildman–Crippen LogP) is -1.02. The lowest BCUT2D eigenvalue weighted by Crippen LogP contribution is -2.59. The largest absolute Gasteiger partial charge is 0.393 e. The van der Waals surface area contributed by atoms with Gasteiger partial charge in [0.25, 0.3) is 0 Å². The summed E-state index contributed by atoms with van der Waals surface area (Å²) in [6.07, 6.45) is -2.49. The summed E-state index contributed by atoms with van der Waals surface area (Å²) in [6, 6.07) is 0. The molecule has 4 heterocycles. The number of fused-ring (bicyclic) bond motifs is 4. The van der Waals surface area contributed by atoms with Crippen LogP contribution in [0.25, 0.3) is 0 Å². The first kappa shape index (κ1) is 25.4. The third-order valence-corrected chi connectivity index (χ3v) is 6.60. The van der Waals surface area contributed by atoms with Gasteiger partial charge in [0.05, 0.1) is 38.5 Å². The summed E-state index contributed by atoms with van der Waals surface area (Å²) in [7, 11) is 1.51. The van der Waals surface area contributed by atoms with Gasteiger partial charge in [0.1, 0.15) is 35.6 Å². The van der Waals surface area contributed by atoms with Gasteiger partial charge >= 0.3 is 7.60 Å². The Bertz CT molecular complexity index is 674. The number of nitrogens with zero attached hydrogens (tertiary/aromatic N) is 2. The molecule has 0 radical (unpaired) electrons. The average Bonchev–Trinajstić information content (AvgIpc) is 2.89. The molecule has 0 aromatic carbocycles. The van der Waals surface area contributed by atoms with E-state index in [2.05, 4.69) is 0 Å². The molecule has 4 rings (SSSR count). The third-order valence-electron chi connectivity index (χ3n) is 5.98. The Balaban J connectivity index is 0.000000185. The minimum absolute atomic E-state index is 0.174. The number of rotatable bonds is 5. The van der Waals surface area contributed by atoms with Gasteiger partial charge in [-0.3, -0.25) is 18.8 Å². The molecule has 9 atom stereocenters. The molecule has 31 heavy (non-hydrogen) atoms. The maximum absolute atomic E-state index is 11.5. The number of aliphatic hydroxyl groups is 2. The molecule has 0 aliphatic carbocycles. The van der Waals surface area contributed by atoms with E-state index in [0.717, 1.165) is 6.66 Å². The molecule has 3 N–H and O–H groups in total. The number of hydrogen-bond donors (Lipinski definition) is 3. The summed E-state index contributed by atoms with van der Waals surface area (Å²) < 4.78 is 33.4. The van der Waals surface area contributed by atoms with E-state index >= 15 is 0 Å². The lowest BCUT2D eigenvalue weighted by atomic mass is 9.94. The summed E-state index contributed by atoms with van der Waals surface area (Å²) in [5.41, 5.74) is -1.61. The van der Waals surface area contributed by atoms with Gasteiger partial charge < -0.3 is 29.3 Å². The smallest absolute Gasteiger partial charge is 0.325 e. The van der Waals surface area contributed by atoms with Crippen molar-refractivity contribution in [3.63, 3.8) is 0 Å².